The number of nitrogens with one attached hydrogen (secondary N) is 1. The molecule has 1 aliphatic heterocycles. The van der Waals surface area contributed by atoms with Crippen LogP contribution >= 0.6 is 23.1 Å². The summed E-state index contributed by atoms with van der Waals surface area (Å²) < 4.78 is 0.764. The topological polar surface area (TPSA) is 94.9 Å². The fraction of sp³-hybridized carbons (Fsp3) is 0.400. The number of fused-ring (bicyclic) bond motifs is 1. The van der Waals surface area contributed by atoms with Crippen molar-refractivity contribution < 1.29 is 14.7 Å². The molecule has 0 unspecified atom stereocenters. The summed E-state index contributed by atoms with van der Waals surface area (Å²) in [6.07, 6.45) is 8.19. The molecule has 2 amide bonds. The van der Waals surface area contributed by atoms with E-state index >= 15 is 0 Å². The maximum atomic E-state index is 13.1. The first-order valence-electron chi connectivity index (χ1n) is 9.60. The third kappa shape index (κ3) is 4.97. The van der Waals surface area contributed by atoms with Crippen LogP contribution in [0.2, 0.25) is 0 Å². The molecule has 1 aromatic carbocycles. The normalized spacial score (nSPS) is 15.4. The van der Waals surface area contributed by atoms with Crippen LogP contribution in [-0.2, 0) is 11.3 Å². The monoisotopic (exact) mass is 430 g/mol. The van der Waals surface area contributed by atoms with Crippen LogP contribution in [0.1, 0.15) is 36.8 Å². The van der Waals surface area contributed by atoms with Crippen molar-refractivity contribution in [1.29, 1.82) is 0 Å². The van der Waals surface area contributed by atoms with Crippen molar-refractivity contribution in [2.45, 2.75) is 36.4 Å². The Balaban J connectivity index is 1.49. The van der Waals surface area contributed by atoms with Crippen molar-refractivity contribution in [3.05, 3.63) is 35.5 Å². The quantitative estimate of drug-likeness (QED) is 0.632. The molecule has 0 radical (unpaired) electrons. The number of carbonyl (C=O) groups excluding carboxylic acids is 1. The molecule has 1 aliphatic carbocycles. The van der Waals surface area contributed by atoms with E-state index < -0.39 is 5.97 Å². The Morgan fingerprint density at radius 2 is 2.14 bits per heavy atom. The minimum absolute atomic E-state index is 0.0272. The first-order chi connectivity index (χ1) is 14.1. The number of urea groups is 1. The molecule has 29 heavy (non-hydrogen) atoms. The molecular weight excluding hydrogens is 408 g/mol. The molecule has 0 spiro atoms. The van der Waals surface area contributed by atoms with Gasteiger partial charge in [-0.05, 0) is 42.0 Å². The molecule has 0 saturated heterocycles. The van der Waals surface area contributed by atoms with Crippen LogP contribution in [0.5, 0.6) is 0 Å². The summed E-state index contributed by atoms with van der Waals surface area (Å²) in [5, 5.41) is 12.2. The zero-order valence-electron chi connectivity index (χ0n) is 15.8. The number of amides is 2. The van der Waals surface area contributed by atoms with E-state index in [1.54, 1.807) is 11.1 Å². The van der Waals surface area contributed by atoms with E-state index in [0.717, 1.165) is 33.9 Å². The van der Waals surface area contributed by atoms with E-state index in [-0.39, 0.29) is 11.8 Å². The van der Waals surface area contributed by atoms with Gasteiger partial charge in [-0.25, -0.2) is 9.78 Å². The van der Waals surface area contributed by atoms with Gasteiger partial charge in [-0.1, -0.05) is 30.2 Å². The molecule has 2 N–H and O–H groups in total. The Morgan fingerprint density at radius 1 is 1.31 bits per heavy atom. The lowest BCUT2D eigenvalue weighted by atomic mass is 10.1. The zero-order chi connectivity index (χ0) is 20.2. The molecule has 0 atom stereocenters. The molecule has 152 valence electrons. The predicted molar refractivity (Wildman–Crippen MR) is 117 cm³/mol. The number of benzene rings is 1. The molecule has 2 heterocycles. The van der Waals surface area contributed by atoms with E-state index in [4.69, 9.17) is 5.11 Å². The van der Waals surface area contributed by atoms with Crippen LogP contribution in [0.25, 0.3) is 0 Å². The lowest BCUT2D eigenvalue weighted by molar-refractivity contribution is -0.133. The van der Waals surface area contributed by atoms with E-state index in [2.05, 4.69) is 15.3 Å². The number of thiazole rings is 1. The third-order valence-corrected chi connectivity index (χ3v) is 7.22. The highest BCUT2D eigenvalue weighted by Crippen LogP contribution is 2.31. The predicted octanol–water partition coefficient (Wildman–Crippen LogP) is 4.48. The van der Waals surface area contributed by atoms with Gasteiger partial charge in [0.15, 0.2) is 5.13 Å². The van der Waals surface area contributed by atoms with Gasteiger partial charge in [-0.15, -0.1) is 11.8 Å². The fourth-order valence-corrected chi connectivity index (χ4v) is 5.28. The van der Waals surface area contributed by atoms with Crippen molar-refractivity contribution in [3.8, 4) is 0 Å². The summed E-state index contributed by atoms with van der Waals surface area (Å²) in [4.78, 5) is 34.2. The van der Waals surface area contributed by atoms with E-state index in [9.17, 15) is 9.59 Å². The lowest BCUT2D eigenvalue weighted by Crippen LogP contribution is -2.38. The first kappa shape index (κ1) is 19.9. The van der Waals surface area contributed by atoms with Gasteiger partial charge in [0.05, 0.1) is 22.7 Å². The van der Waals surface area contributed by atoms with Crippen LogP contribution < -0.4 is 10.2 Å². The highest BCUT2D eigenvalue weighted by molar-refractivity contribution is 8.01. The number of hydrogen-bond acceptors (Lipinski definition) is 6. The SMILES string of the molecule is O=C(O)CSc1cnc(NC(=O)N(CC2CCCC2)c2ccc3c(c2)CN=C3)s1. The highest BCUT2D eigenvalue weighted by Gasteiger charge is 2.25. The molecule has 2 aromatic rings. The Kier molecular flexibility index (Phi) is 6.15. The van der Waals surface area contributed by atoms with Gasteiger partial charge in [0.2, 0.25) is 0 Å². The number of aromatic nitrogens is 1. The summed E-state index contributed by atoms with van der Waals surface area (Å²) in [7, 11) is 0. The smallest absolute Gasteiger partial charge is 0.328 e. The van der Waals surface area contributed by atoms with E-state index in [1.807, 2.05) is 24.4 Å². The molecule has 0 bridgehead atoms. The summed E-state index contributed by atoms with van der Waals surface area (Å²) in [5.74, 6) is -0.402. The van der Waals surface area contributed by atoms with Gasteiger partial charge in [0.1, 0.15) is 0 Å². The minimum atomic E-state index is -0.877. The average molecular weight is 431 g/mol. The van der Waals surface area contributed by atoms with Crippen molar-refractivity contribution >= 4 is 52.1 Å². The average Bonchev–Trinajstić information content (AvgIpc) is 3.45. The van der Waals surface area contributed by atoms with Crippen molar-refractivity contribution in [2.75, 3.05) is 22.5 Å². The minimum Gasteiger partial charge on any atom is -0.481 e. The Morgan fingerprint density at radius 3 is 2.93 bits per heavy atom. The van der Waals surface area contributed by atoms with Crippen molar-refractivity contribution in [2.24, 2.45) is 10.9 Å². The standard InChI is InChI=1S/C20H22N4O3S2/c25-17(26)12-28-18-10-22-19(29-18)23-20(27)24(11-13-3-1-2-4-13)16-6-5-14-8-21-9-15(14)7-16/h5-8,10,13H,1-4,9,11-12H2,(H,25,26)(H,22,23,27). The molecule has 1 fully saturated rings. The zero-order valence-corrected chi connectivity index (χ0v) is 17.5. The fourth-order valence-electron chi connectivity index (χ4n) is 3.70. The highest BCUT2D eigenvalue weighted by atomic mass is 32.2. The molecular formula is C20H22N4O3S2. The summed E-state index contributed by atoms with van der Waals surface area (Å²) in [5.41, 5.74) is 3.11. The third-order valence-electron chi connectivity index (χ3n) is 5.13. The Bertz CT molecular complexity index is 938. The number of thioether (sulfide) groups is 1. The summed E-state index contributed by atoms with van der Waals surface area (Å²) in [6.45, 7) is 1.33. The van der Waals surface area contributed by atoms with Crippen LogP contribution in [0.3, 0.4) is 0 Å². The lowest BCUT2D eigenvalue weighted by Gasteiger charge is -2.26. The van der Waals surface area contributed by atoms with Crippen LogP contribution in [0, 0.1) is 5.92 Å². The molecule has 1 saturated carbocycles. The number of rotatable bonds is 7. The Hall–Kier alpha value is -2.39. The van der Waals surface area contributed by atoms with Crippen LogP contribution in [-0.4, -0.2) is 40.6 Å². The number of nitrogens with zero attached hydrogens (tertiary/aromatic N) is 3. The van der Waals surface area contributed by atoms with Gasteiger partial charge < -0.3 is 5.11 Å². The van der Waals surface area contributed by atoms with Gasteiger partial charge in [0.25, 0.3) is 0 Å². The second kappa shape index (κ2) is 8.96. The van der Waals surface area contributed by atoms with E-state index in [1.165, 1.54) is 35.9 Å². The molecule has 4 rings (SSSR count). The van der Waals surface area contributed by atoms with Crippen LogP contribution in [0.4, 0.5) is 15.6 Å². The van der Waals surface area contributed by atoms with E-state index in [0.29, 0.717) is 24.1 Å². The molecule has 1 aromatic heterocycles. The first-order valence-corrected chi connectivity index (χ1v) is 11.4. The van der Waals surface area contributed by atoms with Crippen molar-refractivity contribution in [1.82, 2.24) is 4.98 Å². The van der Waals surface area contributed by atoms with Gasteiger partial charge in [-0.3, -0.25) is 20.0 Å². The molecule has 9 heteroatoms. The van der Waals surface area contributed by atoms with Crippen molar-refractivity contribution in [3.63, 3.8) is 0 Å². The van der Waals surface area contributed by atoms with Crippen LogP contribution in [0.15, 0.2) is 33.6 Å². The second-order valence-electron chi connectivity index (χ2n) is 7.21. The number of carboxylic acids is 1. The second-order valence-corrected chi connectivity index (χ2v) is 9.52. The number of hydrogen-bond donors (Lipinski definition) is 2. The number of aliphatic carboxylic acids is 1. The maximum Gasteiger partial charge on any atom is 0.328 e. The summed E-state index contributed by atoms with van der Waals surface area (Å²) in [6, 6.07) is 5.83. The number of carboxylic acid groups (broad SMARTS) is 1. The summed E-state index contributed by atoms with van der Waals surface area (Å²) >= 11 is 2.49. The maximum absolute atomic E-state index is 13.1. The number of carbonyl (C=O) groups is 2. The molecule has 2 aliphatic rings. The molecule has 7 nitrogen and oxygen atoms in total. The number of anilines is 2. The Labute approximate surface area is 177 Å². The van der Waals surface area contributed by atoms with Gasteiger partial charge >= 0.3 is 12.0 Å². The van der Waals surface area contributed by atoms with Gasteiger partial charge in [-0.2, -0.15) is 0 Å². The largest absolute Gasteiger partial charge is 0.481 e. The number of aliphatic imine (C=N–C) groups is 1. The van der Waals surface area contributed by atoms with Gasteiger partial charge in [0, 0.05) is 18.4 Å².